The van der Waals surface area contributed by atoms with Crippen molar-refractivity contribution in [3.63, 3.8) is 0 Å². The van der Waals surface area contributed by atoms with E-state index in [1.807, 2.05) is 18.4 Å². The summed E-state index contributed by atoms with van der Waals surface area (Å²) < 4.78 is 0. The Morgan fingerprint density at radius 2 is 2.11 bits per heavy atom. The van der Waals surface area contributed by atoms with Crippen LogP contribution in [-0.4, -0.2) is 29.1 Å². The number of amides is 2. The van der Waals surface area contributed by atoms with Crippen molar-refractivity contribution in [2.75, 3.05) is 22.9 Å². The quantitative estimate of drug-likeness (QED) is 0.832. The van der Waals surface area contributed by atoms with Crippen LogP contribution < -0.4 is 9.80 Å². The van der Waals surface area contributed by atoms with Gasteiger partial charge in [-0.25, -0.2) is 9.78 Å². The second-order valence-electron chi connectivity index (χ2n) is 4.06. The zero-order valence-electron chi connectivity index (χ0n) is 9.91. The van der Waals surface area contributed by atoms with Crippen LogP contribution in [0.5, 0.6) is 0 Å². The summed E-state index contributed by atoms with van der Waals surface area (Å²) in [6.07, 6.45) is 5.18. The summed E-state index contributed by atoms with van der Waals surface area (Å²) >= 11 is 1.48. The number of pyridine rings is 1. The van der Waals surface area contributed by atoms with E-state index in [0.717, 1.165) is 16.4 Å². The highest BCUT2D eigenvalue weighted by molar-refractivity contribution is 7.13. The number of hydrogen-bond donors (Lipinski definition) is 0. The molecule has 2 aromatic rings. The van der Waals surface area contributed by atoms with Gasteiger partial charge in [-0.05, 0) is 18.6 Å². The minimum atomic E-state index is -0.0268. The highest BCUT2D eigenvalue weighted by atomic mass is 32.1. The summed E-state index contributed by atoms with van der Waals surface area (Å²) in [5, 5.41) is 2.63. The molecule has 0 radical (unpaired) electrons. The average Bonchev–Trinajstić information content (AvgIpc) is 2.99. The first-order valence-corrected chi connectivity index (χ1v) is 6.54. The Hall–Kier alpha value is -1.95. The maximum Gasteiger partial charge on any atom is 0.330 e. The Bertz CT molecular complexity index is 569. The summed E-state index contributed by atoms with van der Waals surface area (Å²) in [6.45, 7) is 3.32. The molecule has 2 amide bonds. The Morgan fingerprint density at radius 3 is 2.83 bits per heavy atom. The summed E-state index contributed by atoms with van der Waals surface area (Å²) in [6, 6.07) is 1.88. The molecule has 0 aliphatic carbocycles. The molecule has 0 aromatic carbocycles. The standard InChI is InChI=1S/C12H12N4OS/c1-9-2-3-13-8-10(9)15-5-6-16(12(15)17)11-14-4-7-18-11/h2-4,7-8H,5-6H2,1H3. The minimum absolute atomic E-state index is 0.0268. The molecule has 2 aromatic heterocycles. The molecule has 3 heterocycles. The predicted molar refractivity (Wildman–Crippen MR) is 71.2 cm³/mol. The fraction of sp³-hybridized carbons (Fsp3) is 0.250. The molecule has 0 saturated carbocycles. The lowest BCUT2D eigenvalue weighted by molar-refractivity contribution is 0.256. The molecule has 18 heavy (non-hydrogen) atoms. The molecule has 3 rings (SSSR count). The largest absolute Gasteiger partial charge is 0.330 e. The first-order chi connectivity index (χ1) is 8.77. The number of rotatable bonds is 2. The maximum absolute atomic E-state index is 12.3. The molecule has 0 unspecified atom stereocenters. The highest BCUT2D eigenvalue weighted by Crippen LogP contribution is 2.27. The van der Waals surface area contributed by atoms with Crippen molar-refractivity contribution < 1.29 is 4.79 Å². The van der Waals surface area contributed by atoms with Crippen molar-refractivity contribution in [3.05, 3.63) is 35.6 Å². The van der Waals surface area contributed by atoms with Gasteiger partial charge in [0.1, 0.15) is 0 Å². The van der Waals surface area contributed by atoms with Gasteiger partial charge >= 0.3 is 6.03 Å². The van der Waals surface area contributed by atoms with Gasteiger partial charge < -0.3 is 0 Å². The van der Waals surface area contributed by atoms with Crippen LogP contribution in [0.3, 0.4) is 0 Å². The van der Waals surface area contributed by atoms with Crippen LogP contribution in [-0.2, 0) is 0 Å². The minimum Gasteiger partial charge on any atom is -0.290 e. The molecule has 5 nitrogen and oxygen atoms in total. The number of carbonyl (C=O) groups is 1. The van der Waals surface area contributed by atoms with Crippen LogP contribution in [0.15, 0.2) is 30.0 Å². The number of aromatic nitrogens is 2. The van der Waals surface area contributed by atoms with E-state index in [0.29, 0.717) is 13.1 Å². The highest BCUT2D eigenvalue weighted by Gasteiger charge is 2.32. The normalized spacial score (nSPS) is 15.5. The first-order valence-electron chi connectivity index (χ1n) is 5.66. The zero-order chi connectivity index (χ0) is 12.5. The molecule has 1 aliphatic heterocycles. The van der Waals surface area contributed by atoms with Crippen molar-refractivity contribution in [1.82, 2.24) is 9.97 Å². The van der Waals surface area contributed by atoms with Gasteiger partial charge in [-0.3, -0.25) is 14.8 Å². The van der Waals surface area contributed by atoms with E-state index in [-0.39, 0.29) is 6.03 Å². The molecule has 1 aliphatic rings. The van der Waals surface area contributed by atoms with Gasteiger partial charge in [-0.1, -0.05) is 0 Å². The van der Waals surface area contributed by atoms with Crippen LogP contribution in [0.4, 0.5) is 15.6 Å². The number of thiazole rings is 1. The average molecular weight is 260 g/mol. The fourth-order valence-corrected chi connectivity index (χ4v) is 2.69. The van der Waals surface area contributed by atoms with Crippen molar-refractivity contribution >= 4 is 28.2 Å². The van der Waals surface area contributed by atoms with Crippen LogP contribution in [0.1, 0.15) is 5.56 Å². The number of nitrogens with zero attached hydrogens (tertiary/aromatic N) is 4. The number of carbonyl (C=O) groups excluding carboxylic acids is 1. The Balaban J connectivity index is 1.90. The Labute approximate surface area is 109 Å². The molecule has 0 atom stereocenters. The molecule has 6 heteroatoms. The fourth-order valence-electron chi connectivity index (χ4n) is 2.03. The summed E-state index contributed by atoms with van der Waals surface area (Å²) in [7, 11) is 0. The second-order valence-corrected chi connectivity index (χ2v) is 4.94. The van der Waals surface area contributed by atoms with E-state index >= 15 is 0 Å². The van der Waals surface area contributed by atoms with Crippen molar-refractivity contribution in [2.45, 2.75) is 6.92 Å². The summed E-state index contributed by atoms with van der Waals surface area (Å²) in [5.74, 6) is 0. The Morgan fingerprint density at radius 1 is 1.28 bits per heavy atom. The van der Waals surface area contributed by atoms with Crippen LogP contribution >= 0.6 is 11.3 Å². The molecular weight excluding hydrogens is 248 g/mol. The number of aryl methyl sites for hydroxylation is 1. The van der Waals surface area contributed by atoms with Crippen molar-refractivity contribution in [1.29, 1.82) is 0 Å². The zero-order valence-corrected chi connectivity index (χ0v) is 10.7. The lowest BCUT2D eigenvalue weighted by Gasteiger charge is -2.18. The monoisotopic (exact) mass is 260 g/mol. The molecule has 1 saturated heterocycles. The van der Waals surface area contributed by atoms with E-state index in [4.69, 9.17) is 0 Å². The maximum atomic E-state index is 12.3. The van der Waals surface area contributed by atoms with Gasteiger partial charge in [0.2, 0.25) is 0 Å². The SMILES string of the molecule is Cc1ccncc1N1CCN(c2nccs2)C1=O. The predicted octanol–water partition coefficient (Wildman–Crippen LogP) is 2.29. The molecule has 0 N–H and O–H groups in total. The third kappa shape index (κ3) is 1.74. The molecule has 0 bridgehead atoms. The topological polar surface area (TPSA) is 49.3 Å². The lowest BCUT2D eigenvalue weighted by atomic mass is 10.2. The lowest BCUT2D eigenvalue weighted by Crippen LogP contribution is -2.32. The van der Waals surface area contributed by atoms with Crippen molar-refractivity contribution in [3.8, 4) is 0 Å². The van der Waals surface area contributed by atoms with Gasteiger partial charge in [0, 0.05) is 30.9 Å². The molecule has 1 fully saturated rings. The van der Waals surface area contributed by atoms with Gasteiger partial charge in [-0.2, -0.15) is 0 Å². The van der Waals surface area contributed by atoms with Gasteiger partial charge in [0.05, 0.1) is 11.9 Å². The Kier molecular flexibility index (Phi) is 2.71. The van der Waals surface area contributed by atoms with E-state index < -0.39 is 0 Å². The number of anilines is 2. The van der Waals surface area contributed by atoms with Gasteiger partial charge in [0.25, 0.3) is 0 Å². The van der Waals surface area contributed by atoms with E-state index in [1.165, 1.54) is 11.3 Å². The van der Waals surface area contributed by atoms with Gasteiger partial charge in [-0.15, -0.1) is 11.3 Å². The van der Waals surface area contributed by atoms with E-state index in [9.17, 15) is 4.79 Å². The van der Waals surface area contributed by atoms with Crippen LogP contribution in [0.2, 0.25) is 0 Å². The molecule has 0 spiro atoms. The summed E-state index contributed by atoms with van der Waals surface area (Å²) in [4.78, 5) is 24.1. The smallest absolute Gasteiger partial charge is 0.290 e. The molecular formula is C12H12N4OS. The number of urea groups is 1. The molecule has 92 valence electrons. The number of hydrogen-bond acceptors (Lipinski definition) is 4. The van der Waals surface area contributed by atoms with Gasteiger partial charge in [0.15, 0.2) is 5.13 Å². The van der Waals surface area contributed by atoms with Crippen LogP contribution in [0, 0.1) is 6.92 Å². The van der Waals surface area contributed by atoms with E-state index in [2.05, 4.69) is 9.97 Å². The second kappa shape index (κ2) is 4.38. The van der Waals surface area contributed by atoms with E-state index in [1.54, 1.807) is 28.4 Å². The third-order valence-electron chi connectivity index (χ3n) is 2.96. The van der Waals surface area contributed by atoms with Crippen molar-refractivity contribution in [2.24, 2.45) is 0 Å². The third-order valence-corrected chi connectivity index (χ3v) is 3.76. The first kappa shape index (κ1) is 11.2. The summed E-state index contributed by atoms with van der Waals surface area (Å²) in [5.41, 5.74) is 1.93. The van der Waals surface area contributed by atoms with Crippen LogP contribution in [0.25, 0.3) is 0 Å².